The molecular weight excluding hydrogens is 382 g/mol. The summed E-state index contributed by atoms with van der Waals surface area (Å²) in [6.45, 7) is 0.152. The van der Waals surface area contributed by atoms with Gasteiger partial charge in [0.05, 0.1) is 16.8 Å². The van der Waals surface area contributed by atoms with Crippen LogP contribution in [0.1, 0.15) is 28.8 Å². The third kappa shape index (κ3) is 4.48. The Labute approximate surface area is 166 Å². The van der Waals surface area contributed by atoms with E-state index < -0.39 is 18.5 Å². The highest BCUT2D eigenvalue weighted by Crippen LogP contribution is 2.22. The van der Waals surface area contributed by atoms with Crippen molar-refractivity contribution in [3.05, 3.63) is 58.6 Å². The van der Waals surface area contributed by atoms with Crippen molar-refractivity contribution < 1.29 is 19.1 Å². The van der Waals surface area contributed by atoms with Gasteiger partial charge in [0.15, 0.2) is 6.61 Å². The van der Waals surface area contributed by atoms with Crippen LogP contribution in [0.15, 0.2) is 42.5 Å². The molecular formula is C20H16ClN3O4. The van der Waals surface area contributed by atoms with Crippen molar-refractivity contribution >= 4 is 40.8 Å². The molecule has 1 heterocycles. The fourth-order valence-corrected chi connectivity index (χ4v) is 2.99. The largest absolute Gasteiger partial charge is 0.452 e. The first-order valence-corrected chi connectivity index (χ1v) is 8.93. The lowest BCUT2D eigenvalue weighted by atomic mass is 10.2. The molecule has 0 atom stereocenters. The van der Waals surface area contributed by atoms with Gasteiger partial charge in [-0.3, -0.25) is 9.59 Å². The maximum atomic E-state index is 12.1. The number of anilines is 2. The summed E-state index contributed by atoms with van der Waals surface area (Å²) in [5, 5.41) is 11.9. The molecule has 8 heteroatoms. The maximum absolute atomic E-state index is 12.1. The molecule has 0 spiro atoms. The second-order valence-electron chi connectivity index (χ2n) is 6.12. The van der Waals surface area contributed by atoms with Gasteiger partial charge in [0.2, 0.25) is 5.91 Å². The number of rotatable bonds is 5. The summed E-state index contributed by atoms with van der Waals surface area (Å²) >= 11 is 5.86. The van der Waals surface area contributed by atoms with E-state index in [1.165, 1.54) is 18.2 Å². The topological polar surface area (TPSA) is 99.5 Å². The molecule has 1 aliphatic heterocycles. The van der Waals surface area contributed by atoms with Crippen molar-refractivity contribution in [1.29, 1.82) is 5.26 Å². The molecule has 0 aliphatic carbocycles. The van der Waals surface area contributed by atoms with Crippen LogP contribution in [0.25, 0.3) is 0 Å². The zero-order valence-corrected chi connectivity index (χ0v) is 15.5. The van der Waals surface area contributed by atoms with Gasteiger partial charge in [-0.2, -0.15) is 5.26 Å². The number of esters is 1. The van der Waals surface area contributed by atoms with E-state index in [0.717, 1.165) is 12.1 Å². The first-order chi connectivity index (χ1) is 13.5. The number of carbonyl (C=O) groups excluding carboxylic acids is 3. The van der Waals surface area contributed by atoms with E-state index in [0.29, 0.717) is 18.0 Å². The second kappa shape index (κ2) is 8.55. The van der Waals surface area contributed by atoms with Crippen molar-refractivity contribution in [3.8, 4) is 6.07 Å². The Morgan fingerprint density at radius 2 is 1.96 bits per heavy atom. The molecule has 1 aliphatic rings. The van der Waals surface area contributed by atoms with Crippen LogP contribution < -0.4 is 10.2 Å². The van der Waals surface area contributed by atoms with Gasteiger partial charge < -0.3 is 15.0 Å². The molecule has 2 aromatic carbocycles. The molecule has 0 bridgehead atoms. The Bertz CT molecular complexity index is 966. The Morgan fingerprint density at radius 1 is 1.21 bits per heavy atom. The molecule has 28 heavy (non-hydrogen) atoms. The summed E-state index contributed by atoms with van der Waals surface area (Å²) in [6.07, 6.45) is 1.34. The summed E-state index contributed by atoms with van der Waals surface area (Å²) < 4.78 is 5.00. The standard InChI is InChI=1S/C20H16ClN3O4/c21-15-6-3-14(11-22)17(10-15)23-18(25)12-28-20(27)13-4-7-16(8-5-13)24-9-1-2-19(24)26/h3-8,10H,1-2,9,12H2,(H,23,25). The average Bonchev–Trinajstić information content (AvgIpc) is 3.12. The number of benzene rings is 2. The van der Waals surface area contributed by atoms with Crippen molar-refractivity contribution in [2.45, 2.75) is 12.8 Å². The molecule has 0 radical (unpaired) electrons. The SMILES string of the molecule is N#Cc1ccc(Cl)cc1NC(=O)COC(=O)c1ccc(N2CCCC2=O)cc1. The number of hydrogen-bond acceptors (Lipinski definition) is 5. The summed E-state index contributed by atoms with van der Waals surface area (Å²) in [7, 11) is 0. The van der Waals surface area contributed by atoms with E-state index >= 15 is 0 Å². The highest BCUT2D eigenvalue weighted by atomic mass is 35.5. The first-order valence-electron chi connectivity index (χ1n) is 8.55. The van der Waals surface area contributed by atoms with Crippen LogP contribution in [-0.2, 0) is 14.3 Å². The minimum Gasteiger partial charge on any atom is -0.452 e. The second-order valence-corrected chi connectivity index (χ2v) is 6.56. The number of nitrogens with zero attached hydrogens (tertiary/aromatic N) is 2. The molecule has 1 saturated heterocycles. The lowest BCUT2D eigenvalue weighted by Crippen LogP contribution is -2.24. The van der Waals surface area contributed by atoms with E-state index in [-0.39, 0.29) is 22.7 Å². The fourth-order valence-electron chi connectivity index (χ4n) is 2.82. The van der Waals surface area contributed by atoms with E-state index in [1.807, 2.05) is 6.07 Å². The highest BCUT2D eigenvalue weighted by Gasteiger charge is 2.22. The molecule has 2 amide bonds. The van der Waals surface area contributed by atoms with Crippen molar-refractivity contribution in [2.24, 2.45) is 0 Å². The van der Waals surface area contributed by atoms with Crippen LogP contribution in [0.5, 0.6) is 0 Å². The monoisotopic (exact) mass is 397 g/mol. The minimum atomic E-state index is -0.666. The molecule has 0 unspecified atom stereocenters. The lowest BCUT2D eigenvalue weighted by Gasteiger charge is -2.15. The summed E-state index contributed by atoms with van der Waals surface area (Å²) in [6, 6.07) is 12.8. The third-order valence-corrected chi connectivity index (χ3v) is 4.43. The van der Waals surface area contributed by atoms with E-state index in [2.05, 4.69) is 5.32 Å². The predicted molar refractivity (Wildman–Crippen MR) is 103 cm³/mol. The number of nitrogens with one attached hydrogen (secondary N) is 1. The molecule has 2 aromatic rings. The van der Waals surface area contributed by atoms with Gasteiger partial charge >= 0.3 is 5.97 Å². The van der Waals surface area contributed by atoms with Crippen molar-refractivity contribution in [1.82, 2.24) is 0 Å². The molecule has 0 saturated carbocycles. The number of amides is 2. The number of carbonyl (C=O) groups is 3. The Morgan fingerprint density at radius 3 is 2.61 bits per heavy atom. The van der Waals surface area contributed by atoms with Crippen molar-refractivity contribution in [2.75, 3.05) is 23.4 Å². The molecule has 7 nitrogen and oxygen atoms in total. The summed E-state index contributed by atoms with van der Waals surface area (Å²) in [5.74, 6) is -1.20. The van der Waals surface area contributed by atoms with Gasteiger partial charge in [-0.1, -0.05) is 11.6 Å². The number of halogens is 1. The van der Waals surface area contributed by atoms with Crippen LogP contribution in [0.2, 0.25) is 5.02 Å². The molecule has 1 N–H and O–H groups in total. The van der Waals surface area contributed by atoms with Gasteiger partial charge in [0, 0.05) is 23.7 Å². The van der Waals surface area contributed by atoms with Gasteiger partial charge in [-0.15, -0.1) is 0 Å². The Hall–Kier alpha value is -3.37. The fraction of sp³-hybridized carbons (Fsp3) is 0.200. The smallest absolute Gasteiger partial charge is 0.338 e. The minimum absolute atomic E-state index is 0.0600. The van der Waals surface area contributed by atoms with Crippen LogP contribution in [0, 0.1) is 11.3 Å². The summed E-state index contributed by atoms with van der Waals surface area (Å²) in [4.78, 5) is 37.5. The number of hydrogen-bond donors (Lipinski definition) is 1. The predicted octanol–water partition coefficient (Wildman–Crippen LogP) is 3.13. The summed E-state index contributed by atoms with van der Waals surface area (Å²) in [5.41, 5.74) is 1.48. The zero-order chi connectivity index (χ0) is 20.1. The molecule has 142 valence electrons. The van der Waals surface area contributed by atoms with Crippen LogP contribution in [0.3, 0.4) is 0 Å². The average molecular weight is 398 g/mol. The Kier molecular flexibility index (Phi) is 5.92. The molecule has 1 fully saturated rings. The lowest BCUT2D eigenvalue weighted by molar-refractivity contribution is -0.119. The molecule has 0 aromatic heterocycles. The number of ether oxygens (including phenoxy) is 1. The Balaban J connectivity index is 1.56. The third-order valence-electron chi connectivity index (χ3n) is 4.20. The van der Waals surface area contributed by atoms with Gasteiger partial charge in [-0.25, -0.2) is 4.79 Å². The highest BCUT2D eigenvalue weighted by molar-refractivity contribution is 6.31. The van der Waals surface area contributed by atoms with Gasteiger partial charge in [0.1, 0.15) is 6.07 Å². The van der Waals surface area contributed by atoms with Crippen LogP contribution in [-0.4, -0.2) is 30.9 Å². The van der Waals surface area contributed by atoms with Crippen LogP contribution >= 0.6 is 11.6 Å². The molecule has 3 rings (SSSR count). The van der Waals surface area contributed by atoms with Gasteiger partial charge in [0.25, 0.3) is 5.91 Å². The van der Waals surface area contributed by atoms with Crippen LogP contribution in [0.4, 0.5) is 11.4 Å². The van der Waals surface area contributed by atoms with E-state index in [1.54, 1.807) is 29.2 Å². The van der Waals surface area contributed by atoms with E-state index in [9.17, 15) is 14.4 Å². The quantitative estimate of drug-likeness (QED) is 0.781. The zero-order valence-electron chi connectivity index (χ0n) is 14.8. The van der Waals surface area contributed by atoms with Gasteiger partial charge in [-0.05, 0) is 48.9 Å². The normalized spacial score (nSPS) is 13.1. The number of nitriles is 1. The maximum Gasteiger partial charge on any atom is 0.338 e. The van der Waals surface area contributed by atoms with Crippen molar-refractivity contribution in [3.63, 3.8) is 0 Å². The first kappa shape index (κ1) is 19.4. The van der Waals surface area contributed by atoms with E-state index in [4.69, 9.17) is 21.6 Å².